The SMILES string of the molecule is COCCN(CCCN(C)C)C(=O)C1(N)CCC1. The zero-order valence-electron chi connectivity index (χ0n) is 11.9. The summed E-state index contributed by atoms with van der Waals surface area (Å²) >= 11 is 0. The quantitative estimate of drug-likeness (QED) is 0.679. The van der Waals surface area contributed by atoms with Gasteiger partial charge in [0.25, 0.3) is 0 Å². The van der Waals surface area contributed by atoms with E-state index in [0.717, 1.165) is 38.8 Å². The zero-order chi connectivity index (χ0) is 13.6. The summed E-state index contributed by atoms with van der Waals surface area (Å²) in [6, 6.07) is 0. The molecule has 0 heterocycles. The minimum Gasteiger partial charge on any atom is -0.383 e. The summed E-state index contributed by atoms with van der Waals surface area (Å²) in [6.07, 6.45) is 3.68. The molecule has 5 heteroatoms. The second-order valence-corrected chi connectivity index (χ2v) is 5.45. The maximum atomic E-state index is 12.4. The van der Waals surface area contributed by atoms with E-state index in [0.29, 0.717) is 13.2 Å². The molecule has 1 saturated carbocycles. The monoisotopic (exact) mass is 257 g/mol. The van der Waals surface area contributed by atoms with Crippen LogP contribution in [-0.2, 0) is 9.53 Å². The molecule has 1 rings (SSSR count). The maximum Gasteiger partial charge on any atom is 0.242 e. The molecule has 0 radical (unpaired) electrons. The molecule has 0 atom stereocenters. The fraction of sp³-hybridized carbons (Fsp3) is 0.923. The van der Waals surface area contributed by atoms with Crippen LogP contribution in [0, 0.1) is 0 Å². The predicted molar refractivity (Wildman–Crippen MR) is 72.4 cm³/mol. The predicted octanol–water partition coefficient (Wildman–Crippen LogP) is 0.295. The van der Waals surface area contributed by atoms with Gasteiger partial charge in [-0.3, -0.25) is 4.79 Å². The van der Waals surface area contributed by atoms with Crippen LogP contribution in [0.25, 0.3) is 0 Å². The second-order valence-electron chi connectivity index (χ2n) is 5.45. The van der Waals surface area contributed by atoms with Crippen LogP contribution in [0.5, 0.6) is 0 Å². The topological polar surface area (TPSA) is 58.8 Å². The number of nitrogens with zero attached hydrogens (tertiary/aromatic N) is 2. The van der Waals surface area contributed by atoms with Gasteiger partial charge in [0.15, 0.2) is 0 Å². The lowest BCUT2D eigenvalue weighted by molar-refractivity contribution is -0.140. The van der Waals surface area contributed by atoms with Crippen LogP contribution >= 0.6 is 0 Å². The fourth-order valence-corrected chi connectivity index (χ4v) is 2.18. The third kappa shape index (κ3) is 4.23. The second kappa shape index (κ2) is 7.07. The summed E-state index contributed by atoms with van der Waals surface area (Å²) in [4.78, 5) is 16.4. The Kier molecular flexibility index (Phi) is 6.05. The molecule has 2 N–H and O–H groups in total. The van der Waals surface area contributed by atoms with Gasteiger partial charge in [-0.15, -0.1) is 0 Å². The molecule has 0 aromatic rings. The Morgan fingerprint density at radius 2 is 1.94 bits per heavy atom. The normalized spacial score (nSPS) is 17.6. The number of hydrogen-bond donors (Lipinski definition) is 1. The molecule has 1 fully saturated rings. The molecule has 1 aliphatic rings. The Morgan fingerprint density at radius 3 is 2.39 bits per heavy atom. The molecular formula is C13H27N3O2. The van der Waals surface area contributed by atoms with Gasteiger partial charge in [0.2, 0.25) is 5.91 Å². The number of carbonyl (C=O) groups is 1. The van der Waals surface area contributed by atoms with Crippen LogP contribution < -0.4 is 5.73 Å². The molecule has 18 heavy (non-hydrogen) atoms. The lowest BCUT2D eigenvalue weighted by atomic mass is 9.76. The smallest absolute Gasteiger partial charge is 0.242 e. The molecule has 0 aliphatic heterocycles. The highest BCUT2D eigenvalue weighted by Crippen LogP contribution is 2.30. The van der Waals surface area contributed by atoms with E-state index < -0.39 is 5.54 Å². The molecule has 0 aromatic heterocycles. The Labute approximate surface area is 110 Å². The molecule has 1 amide bonds. The molecule has 1 aliphatic carbocycles. The Hall–Kier alpha value is -0.650. The Morgan fingerprint density at radius 1 is 1.28 bits per heavy atom. The Bertz CT molecular complexity index is 265. The van der Waals surface area contributed by atoms with Crippen molar-refractivity contribution in [1.82, 2.24) is 9.80 Å². The number of hydrogen-bond acceptors (Lipinski definition) is 4. The molecule has 0 spiro atoms. The minimum absolute atomic E-state index is 0.101. The van der Waals surface area contributed by atoms with E-state index in [1.165, 1.54) is 0 Å². The summed E-state index contributed by atoms with van der Waals surface area (Å²) < 4.78 is 5.07. The molecule has 0 aromatic carbocycles. The number of amides is 1. The summed E-state index contributed by atoms with van der Waals surface area (Å²) in [5.41, 5.74) is 5.52. The van der Waals surface area contributed by atoms with E-state index in [1.54, 1.807) is 7.11 Å². The van der Waals surface area contributed by atoms with Crippen LogP contribution in [-0.4, -0.2) is 68.7 Å². The van der Waals surface area contributed by atoms with Gasteiger partial charge in [0.05, 0.1) is 12.1 Å². The van der Waals surface area contributed by atoms with Crippen molar-refractivity contribution in [3.05, 3.63) is 0 Å². The highest BCUT2D eigenvalue weighted by molar-refractivity contribution is 5.87. The van der Waals surface area contributed by atoms with Gasteiger partial charge in [-0.1, -0.05) is 0 Å². The summed E-state index contributed by atoms with van der Waals surface area (Å²) in [5.74, 6) is 0.101. The van der Waals surface area contributed by atoms with Crippen molar-refractivity contribution in [1.29, 1.82) is 0 Å². The molecular weight excluding hydrogens is 230 g/mol. The van der Waals surface area contributed by atoms with E-state index in [1.807, 2.05) is 19.0 Å². The first-order valence-electron chi connectivity index (χ1n) is 6.71. The zero-order valence-corrected chi connectivity index (χ0v) is 11.9. The van der Waals surface area contributed by atoms with Gasteiger partial charge in [0.1, 0.15) is 0 Å². The van der Waals surface area contributed by atoms with Crippen molar-refractivity contribution < 1.29 is 9.53 Å². The number of nitrogens with two attached hydrogens (primary N) is 1. The number of ether oxygens (including phenoxy) is 1. The van der Waals surface area contributed by atoms with Crippen molar-refractivity contribution in [2.75, 3.05) is 47.4 Å². The Balaban J connectivity index is 2.45. The van der Waals surface area contributed by atoms with Crippen LogP contribution in [0.15, 0.2) is 0 Å². The van der Waals surface area contributed by atoms with Gasteiger partial charge < -0.3 is 20.3 Å². The van der Waals surface area contributed by atoms with Crippen LogP contribution in [0.4, 0.5) is 0 Å². The van der Waals surface area contributed by atoms with Crippen molar-refractivity contribution in [2.45, 2.75) is 31.2 Å². The molecule has 5 nitrogen and oxygen atoms in total. The molecule has 0 unspecified atom stereocenters. The van der Waals surface area contributed by atoms with Gasteiger partial charge in [0, 0.05) is 20.2 Å². The molecule has 0 bridgehead atoms. The third-order valence-corrected chi connectivity index (χ3v) is 3.56. The lowest BCUT2D eigenvalue weighted by Gasteiger charge is -2.40. The first-order chi connectivity index (χ1) is 8.49. The maximum absolute atomic E-state index is 12.4. The van der Waals surface area contributed by atoms with E-state index in [4.69, 9.17) is 10.5 Å². The largest absolute Gasteiger partial charge is 0.383 e. The highest BCUT2D eigenvalue weighted by atomic mass is 16.5. The van der Waals surface area contributed by atoms with Crippen molar-refractivity contribution in [2.24, 2.45) is 5.73 Å². The summed E-state index contributed by atoms with van der Waals surface area (Å²) in [6.45, 7) is 2.96. The third-order valence-electron chi connectivity index (χ3n) is 3.56. The molecule has 0 saturated heterocycles. The fourth-order valence-electron chi connectivity index (χ4n) is 2.18. The minimum atomic E-state index is -0.591. The highest BCUT2D eigenvalue weighted by Gasteiger charge is 2.42. The van der Waals surface area contributed by atoms with E-state index in [2.05, 4.69) is 4.90 Å². The van der Waals surface area contributed by atoms with Crippen molar-refractivity contribution >= 4 is 5.91 Å². The number of methoxy groups -OCH3 is 1. The average Bonchev–Trinajstić information content (AvgIpc) is 2.29. The number of carbonyl (C=O) groups excluding carboxylic acids is 1. The van der Waals surface area contributed by atoms with Gasteiger partial charge in [-0.2, -0.15) is 0 Å². The first-order valence-corrected chi connectivity index (χ1v) is 6.71. The van der Waals surface area contributed by atoms with Gasteiger partial charge in [-0.05, 0) is 46.3 Å². The summed E-state index contributed by atoms with van der Waals surface area (Å²) in [5, 5.41) is 0. The van der Waals surface area contributed by atoms with E-state index in [9.17, 15) is 4.79 Å². The van der Waals surface area contributed by atoms with Gasteiger partial charge in [-0.25, -0.2) is 0 Å². The van der Waals surface area contributed by atoms with Crippen molar-refractivity contribution in [3.63, 3.8) is 0 Å². The van der Waals surface area contributed by atoms with E-state index >= 15 is 0 Å². The summed E-state index contributed by atoms with van der Waals surface area (Å²) in [7, 11) is 5.74. The van der Waals surface area contributed by atoms with E-state index in [-0.39, 0.29) is 5.91 Å². The van der Waals surface area contributed by atoms with Gasteiger partial charge >= 0.3 is 0 Å². The average molecular weight is 257 g/mol. The van der Waals surface area contributed by atoms with Crippen LogP contribution in [0.1, 0.15) is 25.7 Å². The standard InChI is InChI=1S/C13H27N3O2/c1-15(2)8-5-9-16(10-11-18-3)12(17)13(14)6-4-7-13/h4-11,14H2,1-3H3. The number of rotatable bonds is 8. The van der Waals surface area contributed by atoms with Crippen LogP contribution in [0.3, 0.4) is 0 Å². The lowest BCUT2D eigenvalue weighted by Crippen LogP contribution is -2.60. The molecule has 106 valence electrons. The van der Waals surface area contributed by atoms with Crippen molar-refractivity contribution in [3.8, 4) is 0 Å². The first kappa shape index (κ1) is 15.4. The van der Waals surface area contributed by atoms with Crippen LogP contribution in [0.2, 0.25) is 0 Å².